The van der Waals surface area contributed by atoms with Crippen molar-refractivity contribution in [3.8, 4) is 11.4 Å². The lowest BCUT2D eigenvalue weighted by molar-refractivity contribution is -0.116. The van der Waals surface area contributed by atoms with Crippen LogP contribution >= 0.6 is 34.2 Å². The molecule has 0 aliphatic rings. The van der Waals surface area contributed by atoms with Gasteiger partial charge in [-0.2, -0.15) is 4.98 Å². The Labute approximate surface area is 157 Å². The van der Waals surface area contributed by atoms with Crippen LogP contribution in [-0.4, -0.2) is 16.0 Å². The molecule has 1 aromatic heterocycles. The van der Waals surface area contributed by atoms with Crippen LogP contribution in [0, 0.1) is 3.57 Å². The molecule has 0 radical (unpaired) electrons. The van der Waals surface area contributed by atoms with Crippen LogP contribution in [0.1, 0.15) is 12.3 Å². The van der Waals surface area contributed by atoms with E-state index in [1.165, 1.54) is 0 Å². The van der Waals surface area contributed by atoms with E-state index in [1.54, 1.807) is 6.07 Å². The van der Waals surface area contributed by atoms with Gasteiger partial charge in [-0.05, 0) is 59.0 Å². The maximum atomic E-state index is 12.0. The predicted octanol–water partition coefficient (Wildman–Crippen LogP) is 4.57. The summed E-state index contributed by atoms with van der Waals surface area (Å²) in [5, 5.41) is 7.31. The van der Waals surface area contributed by atoms with Crippen molar-refractivity contribution >= 4 is 45.8 Å². The van der Waals surface area contributed by atoms with Gasteiger partial charge in [0.1, 0.15) is 0 Å². The summed E-state index contributed by atoms with van der Waals surface area (Å²) in [6.45, 7) is 0. The van der Waals surface area contributed by atoms with Crippen LogP contribution in [0.4, 0.5) is 5.69 Å². The van der Waals surface area contributed by atoms with Crippen molar-refractivity contribution in [1.29, 1.82) is 0 Å². The maximum Gasteiger partial charge on any atom is 0.227 e. The zero-order chi connectivity index (χ0) is 16.9. The van der Waals surface area contributed by atoms with Gasteiger partial charge in [-0.15, -0.1) is 0 Å². The second-order valence-corrected chi connectivity index (χ2v) is 6.70. The van der Waals surface area contributed by atoms with Crippen molar-refractivity contribution in [2.24, 2.45) is 0 Å². The van der Waals surface area contributed by atoms with E-state index in [-0.39, 0.29) is 12.3 Å². The summed E-state index contributed by atoms with van der Waals surface area (Å²) in [6, 6.07) is 14.9. The summed E-state index contributed by atoms with van der Waals surface area (Å²) < 4.78 is 6.30. The number of hydrogen-bond acceptors (Lipinski definition) is 4. The van der Waals surface area contributed by atoms with Gasteiger partial charge in [0.05, 0.1) is 5.02 Å². The molecule has 3 rings (SSSR count). The number of nitrogens with zero attached hydrogens (tertiary/aromatic N) is 2. The first-order valence-electron chi connectivity index (χ1n) is 7.25. The largest absolute Gasteiger partial charge is 0.339 e. The Balaban J connectivity index is 1.58. The Morgan fingerprint density at radius 3 is 2.67 bits per heavy atom. The second kappa shape index (κ2) is 7.76. The number of aromatic nitrogens is 2. The molecule has 0 aliphatic heterocycles. The molecule has 1 amide bonds. The number of carbonyl (C=O) groups is 1. The van der Waals surface area contributed by atoms with Gasteiger partial charge in [-0.25, -0.2) is 0 Å². The Hall–Kier alpha value is -1.93. The molecule has 0 aliphatic carbocycles. The van der Waals surface area contributed by atoms with Gasteiger partial charge in [-0.1, -0.05) is 28.9 Å². The molecule has 24 heavy (non-hydrogen) atoms. The van der Waals surface area contributed by atoms with E-state index in [1.807, 2.05) is 42.5 Å². The van der Waals surface area contributed by atoms with Crippen molar-refractivity contribution in [2.45, 2.75) is 12.8 Å². The Morgan fingerprint density at radius 1 is 1.17 bits per heavy atom. The van der Waals surface area contributed by atoms with Gasteiger partial charge >= 0.3 is 0 Å². The molecule has 7 heteroatoms. The number of rotatable bonds is 5. The first-order valence-corrected chi connectivity index (χ1v) is 8.70. The average molecular weight is 454 g/mol. The molecule has 0 unspecified atom stereocenters. The van der Waals surface area contributed by atoms with Gasteiger partial charge < -0.3 is 9.84 Å². The third-order valence-corrected chi connectivity index (χ3v) is 4.33. The molecule has 3 aromatic rings. The number of anilines is 1. The lowest BCUT2D eigenvalue weighted by Gasteiger charge is -2.03. The number of amides is 1. The highest BCUT2D eigenvalue weighted by Crippen LogP contribution is 2.25. The standard InChI is InChI=1S/C17H13ClIN3O2/c18-14-4-2-1-3-13(14)17-21-16(24-22-17)10-9-15(23)20-12-7-5-11(19)6-8-12/h1-8H,9-10H2,(H,20,23). The highest BCUT2D eigenvalue weighted by atomic mass is 127. The number of aryl methyl sites for hydroxylation is 1. The number of benzene rings is 2. The third kappa shape index (κ3) is 4.33. The second-order valence-electron chi connectivity index (χ2n) is 5.05. The van der Waals surface area contributed by atoms with Crippen LogP contribution in [0.25, 0.3) is 11.4 Å². The monoisotopic (exact) mass is 453 g/mol. The summed E-state index contributed by atoms with van der Waals surface area (Å²) in [5.41, 5.74) is 1.47. The van der Waals surface area contributed by atoms with Crippen LogP contribution in [-0.2, 0) is 11.2 Å². The average Bonchev–Trinajstić information content (AvgIpc) is 3.04. The molecular formula is C17H13ClIN3O2. The SMILES string of the molecule is O=C(CCc1nc(-c2ccccc2Cl)no1)Nc1ccc(I)cc1. The third-order valence-electron chi connectivity index (χ3n) is 3.28. The summed E-state index contributed by atoms with van der Waals surface area (Å²) >= 11 is 8.32. The lowest BCUT2D eigenvalue weighted by atomic mass is 10.2. The minimum Gasteiger partial charge on any atom is -0.339 e. The van der Waals surface area contributed by atoms with Crippen molar-refractivity contribution in [2.75, 3.05) is 5.32 Å². The van der Waals surface area contributed by atoms with Gasteiger partial charge in [0.2, 0.25) is 17.6 Å². The minimum absolute atomic E-state index is 0.103. The smallest absolute Gasteiger partial charge is 0.227 e. The van der Waals surface area contributed by atoms with E-state index < -0.39 is 0 Å². The van der Waals surface area contributed by atoms with E-state index in [2.05, 4.69) is 38.0 Å². The number of carbonyl (C=O) groups excluding carboxylic acids is 1. The lowest BCUT2D eigenvalue weighted by Crippen LogP contribution is -2.12. The van der Waals surface area contributed by atoms with Crippen molar-refractivity contribution in [3.63, 3.8) is 0 Å². The molecule has 122 valence electrons. The predicted molar refractivity (Wildman–Crippen MR) is 101 cm³/mol. The Kier molecular flexibility index (Phi) is 5.47. The highest BCUT2D eigenvalue weighted by molar-refractivity contribution is 14.1. The van der Waals surface area contributed by atoms with E-state index in [4.69, 9.17) is 16.1 Å². The molecule has 0 fully saturated rings. The molecule has 2 aromatic carbocycles. The van der Waals surface area contributed by atoms with Crippen LogP contribution in [0.5, 0.6) is 0 Å². The molecule has 0 bridgehead atoms. The van der Waals surface area contributed by atoms with E-state index in [0.717, 1.165) is 9.26 Å². The van der Waals surface area contributed by atoms with Crippen molar-refractivity contribution in [1.82, 2.24) is 10.1 Å². The quantitative estimate of drug-likeness (QED) is 0.575. The van der Waals surface area contributed by atoms with Crippen molar-refractivity contribution in [3.05, 3.63) is 63.0 Å². The molecule has 0 spiro atoms. The van der Waals surface area contributed by atoms with E-state index in [0.29, 0.717) is 28.7 Å². The molecule has 1 N–H and O–H groups in total. The Morgan fingerprint density at radius 2 is 1.92 bits per heavy atom. The normalized spacial score (nSPS) is 10.6. The maximum absolute atomic E-state index is 12.0. The van der Waals surface area contributed by atoms with Crippen molar-refractivity contribution < 1.29 is 9.32 Å². The number of hydrogen-bond donors (Lipinski definition) is 1. The first kappa shape index (κ1) is 16.9. The van der Waals surface area contributed by atoms with Gasteiger partial charge in [-0.3, -0.25) is 4.79 Å². The summed E-state index contributed by atoms with van der Waals surface area (Å²) in [6.07, 6.45) is 0.629. The first-order chi connectivity index (χ1) is 11.6. The highest BCUT2D eigenvalue weighted by Gasteiger charge is 2.12. The molecule has 0 atom stereocenters. The molecule has 0 saturated heterocycles. The fourth-order valence-corrected chi connectivity index (χ4v) is 2.67. The zero-order valence-corrected chi connectivity index (χ0v) is 15.4. The van der Waals surface area contributed by atoms with Crippen LogP contribution in [0.2, 0.25) is 5.02 Å². The number of nitrogens with one attached hydrogen (secondary N) is 1. The summed E-state index contributed by atoms with van der Waals surface area (Å²) in [7, 11) is 0. The van der Waals surface area contributed by atoms with Crippen LogP contribution < -0.4 is 5.32 Å². The number of halogens is 2. The minimum atomic E-state index is -0.103. The fourth-order valence-electron chi connectivity index (χ4n) is 2.09. The van der Waals surface area contributed by atoms with Crippen LogP contribution in [0.15, 0.2) is 53.1 Å². The van der Waals surface area contributed by atoms with E-state index in [9.17, 15) is 4.79 Å². The summed E-state index contributed by atoms with van der Waals surface area (Å²) in [4.78, 5) is 16.3. The molecule has 0 saturated carbocycles. The summed E-state index contributed by atoms with van der Waals surface area (Å²) in [5.74, 6) is 0.727. The van der Waals surface area contributed by atoms with E-state index >= 15 is 0 Å². The topological polar surface area (TPSA) is 68.0 Å². The van der Waals surface area contributed by atoms with Gasteiger partial charge in [0.25, 0.3) is 0 Å². The van der Waals surface area contributed by atoms with Gasteiger partial charge in [0, 0.05) is 27.7 Å². The molecular weight excluding hydrogens is 441 g/mol. The molecule has 5 nitrogen and oxygen atoms in total. The van der Waals surface area contributed by atoms with Gasteiger partial charge in [0.15, 0.2) is 0 Å². The Bertz CT molecular complexity index is 849. The molecule has 1 heterocycles. The fraction of sp³-hybridized carbons (Fsp3) is 0.118. The van der Waals surface area contributed by atoms with Crippen LogP contribution in [0.3, 0.4) is 0 Å². The zero-order valence-electron chi connectivity index (χ0n) is 12.5.